The highest BCUT2D eigenvalue weighted by Crippen LogP contribution is 2.41. The number of anilines is 1. The molecule has 1 aliphatic heterocycles. The van der Waals surface area contributed by atoms with Gasteiger partial charge in [-0.1, -0.05) is 19.1 Å². The average Bonchev–Trinajstić information content (AvgIpc) is 3.29. The van der Waals surface area contributed by atoms with Crippen molar-refractivity contribution in [2.45, 2.75) is 26.3 Å². The minimum absolute atomic E-state index is 0.0827. The smallest absolute Gasteiger partial charge is 0.294 e. The quantitative estimate of drug-likeness (QED) is 0.666. The van der Waals surface area contributed by atoms with E-state index in [0.29, 0.717) is 29.1 Å². The number of aromatic nitrogens is 2. The van der Waals surface area contributed by atoms with Crippen LogP contribution in [-0.4, -0.2) is 33.4 Å². The number of amides is 1. The van der Waals surface area contributed by atoms with Gasteiger partial charge < -0.3 is 14.8 Å². The van der Waals surface area contributed by atoms with Crippen LogP contribution in [0.25, 0.3) is 11.0 Å². The van der Waals surface area contributed by atoms with E-state index in [-0.39, 0.29) is 11.4 Å². The summed E-state index contributed by atoms with van der Waals surface area (Å²) >= 11 is 0. The summed E-state index contributed by atoms with van der Waals surface area (Å²) in [4.78, 5) is 33.9. The predicted octanol–water partition coefficient (Wildman–Crippen LogP) is 3.84. The zero-order valence-corrected chi connectivity index (χ0v) is 16.2. The van der Waals surface area contributed by atoms with E-state index in [1.165, 1.54) is 11.8 Å². The molecule has 7 nitrogen and oxygen atoms in total. The number of hydrogen-bond donors (Lipinski definition) is 2. The fraction of sp³-hybridized carbons (Fsp3) is 0.227. The van der Waals surface area contributed by atoms with E-state index in [0.717, 1.165) is 11.9 Å². The SMILES string of the molecule is CCCOc1ccc(C2C(C(C)=O)=C(O)C(=O)N2c2ccc3[nH]cnc3c2)cc1. The number of carbonyl (C=O) groups is 2. The van der Waals surface area contributed by atoms with E-state index in [1.807, 2.05) is 25.1 Å². The van der Waals surface area contributed by atoms with Crippen molar-refractivity contribution in [3.63, 3.8) is 0 Å². The maximum absolute atomic E-state index is 12.9. The topological polar surface area (TPSA) is 95.5 Å². The third-order valence-electron chi connectivity index (χ3n) is 4.94. The number of aliphatic hydroxyl groups excluding tert-OH is 1. The molecule has 1 atom stereocenters. The number of ether oxygens (including phenoxy) is 1. The Morgan fingerprint density at radius 3 is 2.69 bits per heavy atom. The number of ketones is 1. The Balaban J connectivity index is 1.79. The van der Waals surface area contributed by atoms with E-state index in [2.05, 4.69) is 9.97 Å². The molecule has 148 valence electrons. The van der Waals surface area contributed by atoms with Gasteiger partial charge in [0.15, 0.2) is 11.5 Å². The van der Waals surface area contributed by atoms with Crippen LogP contribution in [0.2, 0.25) is 0 Å². The van der Waals surface area contributed by atoms with E-state index >= 15 is 0 Å². The average molecular weight is 391 g/mol. The molecule has 0 spiro atoms. The van der Waals surface area contributed by atoms with Crippen LogP contribution in [0.1, 0.15) is 31.9 Å². The Hall–Kier alpha value is -3.61. The summed E-state index contributed by atoms with van der Waals surface area (Å²) < 4.78 is 5.62. The number of benzene rings is 2. The number of carbonyl (C=O) groups excluding carboxylic acids is 2. The van der Waals surface area contributed by atoms with Crippen molar-refractivity contribution >= 4 is 28.4 Å². The number of fused-ring (bicyclic) bond motifs is 1. The Labute approximate surface area is 167 Å². The molecule has 0 aliphatic carbocycles. The molecule has 2 aromatic carbocycles. The highest BCUT2D eigenvalue weighted by molar-refractivity contribution is 6.16. The van der Waals surface area contributed by atoms with Crippen LogP contribution in [0.4, 0.5) is 5.69 Å². The molecular weight excluding hydrogens is 370 g/mol. The molecule has 0 bridgehead atoms. The summed E-state index contributed by atoms with van der Waals surface area (Å²) in [6.45, 7) is 3.99. The van der Waals surface area contributed by atoms with Crippen molar-refractivity contribution in [1.29, 1.82) is 0 Å². The van der Waals surface area contributed by atoms with Crippen LogP contribution in [0, 0.1) is 0 Å². The molecule has 3 aromatic rings. The molecule has 4 rings (SSSR count). The molecule has 1 aliphatic rings. The maximum Gasteiger partial charge on any atom is 0.294 e. The van der Waals surface area contributed by atoms with E-state index in [9.17, 15) is 14.7 Å². The summed E-state index contributed by atoms with van der Waals surface area (Å²) in [5.74, 6) is -0.769. The van der Waals surface area contributed by atoms with Crippen molar-refractivity contribution in [1.82, 2.24) is 9.97 Å². The summed E-state index contributed by atoms with van der Waals surface area (Å²) in [5, 5.41) is 10.5. The normalized spacial score (nSPS) is 16.7. The van der Waals surface area contributed by atoms with Gasteiger partial charge in [-0.25, -0.2) is 4.98 Å². The molecule has 2 heterocycles. The third-order valence-corrected chi connectivity index (χ3v) is 4.94. The van der Waals surface area contributed by atoms with Gasteiger partial charge in [-0.2, -0.15) is 0 Å². The minimum Gasteiger partial charge on any atom is -0.503 e. The van der Waals surface area contributed by atoms with Crippen molar-refractivity contribution in [2.75, 3.05) is 11.5 Å². The number of hydrogen-bond acceptors (Lipinski definition) is 5. The maximum atomic E-state index is 12.9. The molecule has 0 radical (unpaired) electrons. The molecule has 1 unspecified atom stereocenters. The molecule has 0 saturated carbocycles. The lowest BCUT2D eigenvalue weighted by atomic mass is 9.96. The van der Waals surface area contributed by atoms with Crippen LogP contribution in [0.3, 0.4) is 0 Å². The van der Waals surface area contributed by atoms with Crippen LogP contribution >= 0.6 is 0 Å². The standard InChI is InChI=1S/C22H21N3O4/c1-3-10-29-16-7-4-14(5-8-16)20-19(13(2)26)21(27)22(28)25(20)15-6-9-17-18(11-15)24-12-23-17/h4-9,11-12,20,27H,3,10H2,1-2H3,(H,23,24). The minimum atomic E-state index is -0.725. The molecule has 0 saturated heterocycles. The zero-order valence-electron chi connectivity index (χ0n) is 16.2. The molecule has 29 heavy (non-hydrogen) atoms. The molecule has 2 N–H and O–H groups in total. The largest absolute Gasteiger partial charge is 0.503 e. The molecule has 1 amide bonds. The highest BCUT2D eigenvalue weighted by atomic mass is 16.5. The second-order valence-electron chi connectivity index (χ2n) is 6.92. The molecule has 0 fully saturated rings. The number of aliphatic hydroxyl groups is 1. The van der Waals surface area contributed by atoms with Gasteiger partial charge in [0.05, 0.1) is 35.6 Å². The Bertz CT molecular complexity index is 1110. The summed E-state index contributed by atoms with van der Waals surface area (Å²) in [7, 11) is 0. The van der Waals surface area contributed by atoms with Crippen molar-refractivity contribution < 1.29 is 19.4 Å². The Kier molecular flexibility index (Phi) is 4.80. The first-order valence-electron chi connectivity index (χ1n) is 9.44. The van der Waals surface area contributed by atoms with Crippen molar-refractivity contribution in [2.24, 2.45) is 0 Å². The molecule has 1 aromatic heterocycles. The van der Waals surface area contributed by atoms with Crippen LogP contribution in [-0.2, 0) is 9.59 Å². The third kappa shape index (κ3) is 3.24. The number of H-pyrrole nitrogens is 1. The number of nitrogens with zero attached hydrogens (tertiary/aromatic N) is 2. The zero-order chi connectivity index (χ0) is 20.5. The monoisotopic (exact) mass is 391 g/mol. The highest BCUT2D eigenvalue weighted by Gasteiger charge is 2.43. The predicted molar refractivity (Wildman–Crippen MR) is 109 cm³/mol. The van der Waals surface area contributed by atoms with Crippen LogP contribution in [0.5, 0.6) is 5.75 Å². The van der Waals surface area contributed by atoms with Gasteiger partial charge in [0.1, 0.15) is 5.75 Å². The first-order chi connectivity index (χ1) is 14.0. The number of nitrogens with one attached hydrogen (secondary N) is 1. The number of Topliss-reactive ketones (excluding diaryl/α,β-unsaturated/α-hetero) is 1. The summed E-state index contributed by atoms with van der Waals surface area (Å²) in [6, 6.07) is 11.8. The van der Waals surface area contributed by atoms with Crippen LogP contribution in [0.15, 0.2) is 60.1 Å². The lowest BCUT2D eigenvalue weighted by molar-refractivity contribution is -0.117. The van der Waals surface area contributed by atoms with Gasteiger partial charge in [0.2, 0.25) is 0 Å². The van der Waals surface area contributed by atoms with Crippen molar-refractivity contribution in [3.05, 3.63) is 65.7 Å². The fourth-order valence-corrected chi connectivity index (χ4v) is 3.58. The van der Waals surface area contributed by atoms with E-state index in [4.69, 9.17) is 4.74 Å². The van der Waals surface area contributed by atoms with Gasteiger partial charge in [-0.15, -0.1) is 0 Å². The second-order valence-corrected chi connectivity index (χ2v) is 6.92. The summed E-state index contributed by atoms with van der Waals surface area (Å²) in [6.07, 6.45) is 2.47. The number of rotatable bonds is 6. The number of aromatic amines is 1. The van der Waals surface area contributed by atoms with Gasteiger partial charge in [-0.05, 0) is 49.2 Å². The van der Waals surface area contributed by atoms with E-state index in [1.54, 1.807) is 30.6 Å². The van der Waals surface area contributed by atoms with Gasteiger partial charge in [0, 0.05) is 5.69 Å². The van der Waals surface area contributed by atoms with Gasteiger partial charge >= 0.3 is 0 Å². The Morgan fingerprint density at radius 1 is 1.24 bits per heavy atom. The lowest BCUT2D eigenvalue weighted by Gasteiger charge is -2.26. The van der Waals surface area contributed by atoms with Crippen molar-refractivity contribution in [3.8, 4) is 5.75 Å². The fourth-order valence-electron chi connectivity index (χ4n) is 3.58. The van der Waals surface area contributed by atoms with Gasteiger partial charge in [-0.3, -0.25) is 14.5 Å². The van der Waals surface area contributed by atoms with E-state index < -0.39 is 17.7 Å². The second kappa shape index (κ2) is 7.43. The lowest BCUT2D eigenvalue weighted by Crippen LogP contribution is -2.30. The Morgan fingerprint density at radius 2 is 2.00 bits per heavy atom. The first-order valence-corrected chi connectivity index (χ1v) is 9.44. The van der Waals surface area contributed by atoms with Gasteiger partial charge in [0.25, 0.3) is 5.91 Å². The number of imidazole rings is 1. The summed E-state index contributed by atoms with van der Waals surface area (Å²) in [5.41, 5.74) is 2.86. The van der Waals surface area contributed by atoms with Crippen LogP contribution < -0.4 is 9.64 Å². The molecular formula is C22H21N3O4. The first kappa shape index (κ1) is 18.7. The molecule has 7 heteroatoms.